The first kappa shape index (κ1) is 11.2. The third kappa shape index (κ3) is 3.56. The zero-order valence-electron chi connectivity index (χ0n) is 8.33. The van der Waals surface area contributed by atoms with Crippen LogP contribution in [0, 0.1) is 11.8 Å². The maximum atomic E-state index is 11.2. The van der Waals surface area contributed by atoms with Crippen LogP contribution >= 0.6 is 0 Å². The Balaban J connectivity index is 4.13. The molecule has 0 aromatic carbocycles. The second-order valence-electron chi connectivity index (χ2n) is 3.18. The minimum absolute atomic E-state index is 0.00574. The summed E-state index contributed by atoms with van der Waals surface area (Å²) < 4.78 is 4.70. The summed E-state index contributed by atoms with van der Waals surface area (Å²) in [4.78, 5) is 11.2. The van der Waals surface area contributed by atoms with E-state index in [4.69, 9.17) is 4.74 Å². The number of carbonyl (C=O) groups excluding carboxylic acids is 1. The monoisotopic (exact) mass is 170 g/mol. The molecule has 0 aromatic heterocycles. The number of esters is 1. The summed E-state index contributed by atoms with van der Waals surface area (Å²) in [5, 5.41) is 0. The van der Waals surface area contributed by atoms with Gasteiger partial charge in [0.2, 0.25) is 0 Å². The molecule has 1 unspecified atom stereocenters. The molecule has 0 N–H and O–H groups in total. The van der Waals surface area contributed by atoms with Crippen molar-refractivity contribution in [3.63, 3.8) is 0 Å². The minimum Gasteiger partial charge on any atom is -0.469 e. The Bertz CT molecular complexity index is 159. The van der Waals surface area contributed by atoms with Crippen molar-refractivity contribution < 1.29 is 9.53 Å². The van der Waals surface area contributed by atoms with E-state index in [1.807, 2.05) is 32.9 Å². The van der Waals surface area contributed by atoms with Gasteiger partial charge in [-0.15, -0.1) is 0 Å². The second kappa shape index (κ2) is 5.81. The summed E-state index contributed by atoms with van der Waals surface area (Å²) in [6.07, 6.45) is 4.74. The molecule has 0 radical (unpaired) electrons. The molecule has 0 bridgehead atoms. The molecule has 0 aliphatic carbocycles. The van der Waals surface area contributed by atoms with Crippen LogP contribution in [0.15, 0.2) is 12.2 Å². The quantitative estimate of drug-likeness (QED) is 0.478. The Morgan fingerprint density at radius 1 is 1.50 bits per heavy atom. The van der Waals surface area contributed by atoms with E-state index in [1.165, 1.54) is 7.11 Å². The average Bonchev–Trinajstić information content (AvgIpc) is 2.04. The number of rotatable bonds is 4. The molecule has 0 rings (SSSR count). The highest BCUT2D eigenvalue weighted by molar-refractivity contribution is 5.72. The topological polar surface area (TPSA) is 26.3 Å². The van der Waals surface area contributed by atoms with Crippen LogP contribution in [-0.4, -0.2) is 13.1 Å². The molecule has 0 fully saturated rings. The summed E-state index contributed by atoms with van der Waals surface area (Å²) >= 11 is 0. The number of methoxy groups -OCH3 is 1. The normalized spacial score (nSPS) is 13.8. The maximum Gasteiger partial charge on any atom is 0.309 e. The minimum atomic E-state index is -0.108. The summed E-state index contributed by atoms with van der Waals surface area (Å²) in [5.74, 6) is 0.239. The molecule has 2 nitrogen and oxygen atoms in total. The Kier molecular flexibility index (Phi) is 5.43. The zero-order chi connectivity index (χ0) is 9.56. The van der Waals surface area contributed by atoms with Crippen molar-refractivity contribution in [1.29, 1.82) is 0 Å². The van der Waals surface area contributed by atoms with Crippen LogP contribution < -0.4 is 0 Å². The zero-order valence-corrected chi connectivity index (χ0v) is 8.33. The van der Waals surface area contributed by atoms with Gasteiger partial charge in [0.05, 0.1) is 13.0 Å². The highest BCUT2D eigenvalue weighted by Crippen LogP contribution is 2.17. The predicted molar refractivity (Wildman–Crippen MR) is 49.8 cm³/mol. The molecule has 0 heterocycles. The van der Waals surface area contributed by atoms with Crippen LogP contribution in [0.4, 0.5) is 0 Å². The first-order chi connectivity index (χ1) is 5.63. The molecule has 2 heteroatoms. The number of hydrogen-bond donors (Lipinski definition) is 0. The molecule has 0 aliphatic rings. The standard InChI is InChI=1S/C10H18O2/c1-5-6-7-9(8(2)3)10(11)12-4/h5-6,8-9H,7H2,1-4H3. The fourth-order valence-corrected chi connectivity index (χ4v) is 1.07. The lowest BCUT2D eigenvalue weighted by atomic mass is 9.92. The maximum absolute atomic E-state index is 11.2. The fourth-order valence-electron chi connectivity index (χ4n) is 1.07. The van der Waals surface area contributed by atoms with Gasteiger partial charge in [-0.1, -0.05) is 26.0 Å². The van der Waals surface area contributed by atoms with Gasteiger partial charge in [-0.05, 0) is 19.3 Å². The SMILES string of the molecule is CC=CCC(C(=O)OC)C(C)C. The van der Waals surface area contributed by atoms with Crippen molar-refractivity contribution >= 4 is 5.97 Å². The summed E-state index contributed by atoms with van der Waals surface area (Å²) in [6, 6.07) is 0. The second-order valence-corrected chi connectivity index (χ2v) is 3.18. The molecule has 0 saturated heterocycles. The van der Waals surface area contributed by atoms with Gasteiger partial charge >= 0.3 is 5.97 Å². The van der Waals surface area contributed by atoms with Crippen LogP contribution in [0.2, 0.25) is 0 Å². The first-order valence-corrected chi connectivity index (χ1v) is 4.32. The molecule has 0 spiro atoms. The Morgan fingerprint density at radius 2 is 2.08 bits per heavy atom. The van der Waals surface area contributed by atoms with Crippen LogP contribution in [0.25, 0.3) is 0 Å². The van der Waals surface area contributed by atoms with Gasteiger partial charge in [-0.2, -0.15) is 0 Å². The number of ether oxygens (including phenoxy) is 1. The van der Waals surface area contributed by atoms with Crippen molar-refractivity contribution in [1.82, 2.24) is 0 Å². The fraction of sp³-hybridized carbons (Fsp3) is 0.700. The van der Waals surface area contributed by atoms with Crippen molar-refractivity contribution in [3.8, 4) is 0 Å². The number of allylic oxidation sites excluding steroid dienone is 2. The van der Waals surface area contributed by atoms with Crippen LogP contribution in [-0.2, 0) is 9.53 Å². The number of hydrogen-bond acceptors (Lipinski definition) is 2. The molecule has 0 aliphatic heterocycles. The molecule has 12 heavy (non-hydrogen) atoms. The Labute approximate surface area is 74.6 Å². The molecule has 0 saturated carbocycles. The predicted octanol–water partition coefficient (Wildman–Crippen LogP) is 2.40. The molecule has 0 aromatic rings. The largest absolute Gasteiger partial charge is 0.469 e. The van der Waals surface area contributed by atoms with E-state index in [2.05, 4.69) is 0 Å². The highest BCUT2D eigenvalue weighted by Gasteiger charge is 2.20. The molecular formula is C10H18O2. The van der Waals surface area contributed by atoms with Crippen molar-refractivity contribution in [3.05, 3.63) is 12.2 Å². The van der Waals surface area contributed by atoms with Gasteiger partial charge in [0, 0.05) is 0 Å². The van der Waals surface area contributed by atoms with Gasteiger partial charge in [0.15, 0.2) is 0 Å². The van der Waals surface area contributed by atoms with E-state index in [0.29, 0.717) is 5.92 Å². The third-order valence-corrected chi connectivity index (χ3v) is 1.93. The average molecular weight is 170 g/mol. The lowest BCUT2D eigenvalue weighted by Crippen LogP contribution is -2.20. The van der Waals surface area contributed by atoms with E-state index in [9.17, 15) is 4.79 Å². The Morgan fingerprint density at radius 3 is 2.42 bits per heavy atom. The number of carbonyl (C=O) groups is 1. The summed E-state index contributed by atoms with van der Waals surface area (Å²) in [6.45, 7) is 6.02. The van der Waals surface area contributed by atoms with Crippen molar-refractivity contribution in [2.24, 2.45) is 11.8 Å². The van der Waals surface area contributed by atoms with Gasteiger partial charge < -0.3 is 4.74 Å². The summed E-state index contributed by atoms with van der Waals surface area (Å²) in [5.41, 5.74) is 0. The molecule has 0 amide bonds. The van der Waals surface area contributed by atoms with Crippen LogP contribution in [0.5, 0.6) is 0 Å². The molecule has 70 valence electrons. The first-order valence-electron chi connectivity index (χ1n) is 4.32. The van der Waals surface area contributed by atoms with E-state index in [-0.39, 0.29) is 11.9 Å². The van der Waals surface area contributed by atoms with Crippen molar-refractivity contribution in [2.75, 3.05) is 7.11 Å². The van der Waals surface area contributed by atoms with Gasteiger partial charge in [0.25, 0.3) is 0 Å². The van der Waals surface area contributed by atoms with Gasteiger partial charge in [0.1, 0.15) is 0 Å². The van der Waals surface area contributed by atoms with Crippen LogP contribution in [0.1, 0.15) is 27.2 Å². The van der Waals surface area contributed by atoms with Crippen molar-refractivity contribution in [2.45, 2.75) is 27.2 Å². The van der Waals surface area contributed by atoms with E-state index in [0.717, 1.165) is 6.42 Å². The van der Waals surface area contributed by atoms with Gasteiger partial charge in [-0.3, -0.25) is 4.79 Å². The summed E-state index contributed by atoms with van der Waals surface area (Å²) in [7, 11) is 1.44. The van der Waals surface area contributed by atoms with Crippen LogP contribution in [0.3, 0.4) is 0 Å². The van der Waals surface area contributed by atoms with Gasteiger partial charge in [-0.25, -0.2) is 0 Å². The van der Waals surface area contributed by atoms with E-state index < -0.39 is 0 Å². The lowest BCUT2D eigenvalue weighted by molar-refractivity contribution is -0.146. The van der Waals surface area contributed by atoms with E-state index >= 15 is 0 Å². The molecule has 1 atom stereocenters. The van der Waals surface area contributed by atoms with E-state index in [1.54, 1.807) is 0 Å². The lowest BCUT2D eigenvalue weighted by Gasteiger charge is -2.15. The third-order valence-electron chi connectivity index (χ3n) is 1.93. The highest BCUT2D eigenvalue weighted by atomic mass is 16.5. The smallest absolute Gasteiger partial charge is 0.309 e. The Hall–Kier alpha value is -0.790. The molecular weight excluding hydrogens is 152 g/mol.